The number of amides is 1. The second-order valence-electron chi connectivity index (χ2n) is 6.96. The molecule has 7 heteroatoms. The maximum atomic E-state index is 13.1. The number of hydrogen-bond acceptors (Lipinski definition) is 4. The monoisotopic (exact) mass is 379 g/mol. The van der Waals surface area contributed by atoms with Crippen LogP contribution in [0.4, 0.5) is 5.69 Å². The summed E-state index contributed by atoms with van der Waals surface area (Å²) in [6.07, 6.45) is 4.25. The maximum absolute atomic E-state index is 13.1. The van der Waals surface area contributed by atoms with E-state index in [9.17, 15) is 13.2 Å². The van der Waals surface area contributed by atoms with Gasteiger partial charge in [-0.15, -0.1) is 0 Å². The minimum atomic E-state index is -3.58. The lowest BCUT2D eigenvalue weighted by molar-refractivity contribution is 0.0793. The summed E-state index contributed by atoms with van der Waals surface area (Å²) in [6, 6.07) is 5.08. The van der Waals surface area contributed by atoms with Crippen molar-refractivity contribution in [3.05, 3.63) is 23.8 Å². The Labute approximate surface area is 156 Å². The highest BCUT2D eigenvalue weighted by atomic mass is 32.2. The van der Waals surface area contributed by atoms with Crippen LogP contribution in [0.2, 0.25) is 0 Å². The van der Waals surface area contributed by atoms with E-state index in [-0.39, 0.29) is 10.8 Å². The number of carbonyl (C=O) groups is 1. The van der Waals surface area contributed by atoms with E-state index >= 15 is 0 Å². The first kappa shape index (κ1) is 19.2. The summed E-state index contributed by atoms with van der Waals surface area (Å²) in [5.41, 5.74) is 1.40. The van der Waals surface area contributed by atoms with Gasteiger partial charge in [-0.1, -0.05) is 13.8 Å². The van der Waals surface area contributed by atoms with Crippen LogP contribution in [0.5, 0.6) is 0 Å². The van der Waals surface area contributed by atoms with Crippen molar-refractivity contribution in [2.75, 3.05) is 44.2 Å². The molecule has 144 valence electrons. The van der Waals surface area contributed by atoms with Gasteiger partial charge in [-0.25, -0.2) is 8.42 Å². The van der Waals surface area contributed by atoms with Crippen LogP contribution in [-0.2, 0) is 10.0 Å². The lowest BCUT2D eigenvalue weighted by Gasteiger charge is -2.25. The summed E-state index contributed by atoms with van der Waals surface area (Å²) in [7, 11) is -3.58. The molecule has 6 nitrogen and oxygen atoms in total. The molecule has 0 unspecified atom stereocenters. The van der Waals surface area contributed by atoms with Gasteiger partial charge in [-0.2, -0.15) is 4.31 Å². The Morgan fingerprint density at radius 2 is 1.58 bits per heavy atom. The van der Waals surface area contributed by atoms with Gasteiger partial charge in [0.25, 0.3) is 5.91 Å². The van der Waals surface area contributed by atoms with Crippen LogP contribution < -0.4 is 4.90 Å². The normalized spacial score (nSPS) is 18.1. The SMILES string of the molecule is CCN(CC)S(=O)(=O)c1ccc(N2CCCC2)c(C(=O)N2CCCC2)c1. The quantitative estimate of drug-likeness (QED) is 0.762. The maximum Gasteiger partial charge on any atom is 0.256 e. The summed E-state index contributed by atoms with van der Waals surface area (Å²) in [4.78, 5) is 17.4. The molecule has 2 aliphatic heterocycles. The van der Waals surface area contributed by atoms with Crippen LogP contribution >= 0.6 is 0 Å². The predicted molar refractivity (Wildman–Crippen MR) is 103 cm³/mol. The first-order valence-electron chi connectivity index (χ1n) is 9.67. The number of sulfonamides is 1. The standard InChI is InChI=1S/C19H29N3O3S/c1-3-22(4-2)26(24,25)16-9-10-18(20-11-5-6-12-20)17(15-16)19(23)21-13-7-8-14-21/h9-10,15H,3-8,11-14H2,1-2H3. The number of benzene rings is 1. The van der Waals surface area contributed by atoms with Gasteiger partial charge in [-0.3, -0.25) is 4.79 Å². The summed E-state index contributed by atoms with van der Waals surface area (Å²) in [5.74, 6) is -0.0407. The van der Waals surface area contributed by atoms with E-state index in [1.807, 2.05) is 24.8 Å². The largest absolute Gasteiger partial charge is 0.371 e. The molecule has 0 radical (unpaired) electrons. The van der Waals surface area contributed by atoms with Gasteiger partial charge in [0.2, 0.25) is 10.0 Å². The molecule has 2 aliphatic rings. The van der Waals surface area contributed by atoms with Crippen LogP contribution in [0.25, 0.3) is 0 Å². The van der Waals surface area contributed by atoms with Gasteiger partial charge in [0.1, 0.15) is 0 Å². The Balaban J connectivity index is 2.03. The fraction of sp³-hybridized carbons (Fsp3) is 0.632. The average molecular weight is 380 g/mol. The lowest BCUT2D eigenvalue weighted by Crippen LogP contribution is -2.32. The van der Waals surface area contributed by atoms with E-state index in [1.165, 1.54) is 4.31 Å². The summed E-state index contributed by atoms with van der Waals surface area (Å²) in [5, 5.41) is 0. The lowest BCUT2D eigenvalue weighted by atomic mass is 10.1. The molecule has 0 aliphatic carbocycles. The number of carbonyl (C=O) groups excluding carboxylic acids is 1. The van der Waals surface area contributed by atoms with Crippen LogP contribution in [0.3, 0.4) is 0 Å². The summed E-state index contributed by atoms with van der Waals surface area (Å²) < 4.78 is 27.3. The van der Waals surface area contributed by atoms with Crippen molar-refractivity contribution < 1.29 is 13.2 Å². The van der Waals surface area contributed by atoms with Crippen molar-refractivity contribution in [1.82, 2.24) is 9.21 Å². The Hall–Kier alpha value is -1.60. The summed E-state index contributed by atoms with van der Waals surface area (Å²) >= 11 is 0. The van der Waals surface area contributed by atoms with Crippen LogP contribution in [0.1, 0.15) is 49.9 Å². The van der Waals surface area contributed by atoms with Crippen molar-refractivity contribution in [2.24, 2.45) is 0 Å². The van der Waals surface area contributed by atoms with Crippen molar-refractivity contribution in [2.45, 2.75) is 44.4 Å². The first-order chi connectivity index (χ1) is 12.5. The number of anilines is 1. The van der Waals surface area contributed by atoms with Gasteiger partial charge >= 0.3 is 0 Å². The van der Waals surface area contributed by atoms with E-state index < -0.39 is 10.0 Å². The van der Waals surface area contributed by atoms with E-state index in [2.05, 4.69) is 4.90 Å². The van der Waals surface area contributed by atoms with Gasteiger partial charge in [0.05, 0.1) is 10.5 Å². The Bertz CT molecular complexity index is 747. The van der Waals surface area contributed by atoms with Crippen LogP contribution in [0.15, 0.2) is 23.1 Å². The molecule has 2 heterocycles. The van der Waals surface area contributed by atoms with E-state index in [4.69, 9.17) is 0 Å². The zero-order valence-corrected chi connectivity index (χ0v) is 16.6. The molecule has 0 aromatic heterocycles. The Kier molecular flexibility index (Phi) is 5.87. The second-order valence-corrected chi connectivity index (χ2v) is 8.90. The fourth-order valence-electron chi connectivity index (χ4n) is 3.88. The Morgan fingerprint density at radius 1 is 1.00 bits per heavy atom. The molecular formula is C19H29N3O3S. The van der Waals surface area contributed by atoms with Crippen molar-refractivity contribution >= 4 is 21.6 Å². The molecule has 1 aromatic rings. The first-order valence-corrected chi connectivity index (χ1v) is 11.1. The number of nitrogens with zero attached hydrogens (tertiary/aromatic N) is 3. The Morgan fingerprint density at radius 3 is 2.15 bits per heavy atom. The zero-order chi connectivity index (χ0) is 18.7. The molecule has 3 rings (SSSR count). The molecule has 1 aromatic carbocycles. The smallest absolute Gasteiger partial charge is 0.256 e. The summed E-state index contributed by atoms with van der Waals surface area (Å²) in [6.45, 7) is 7.84. The molecule has 2 fully saturated rings. The third kappa shape index (κ3) is 3.60. The third-order valence-electron chi connectivity index (χ3n) is 5.38. The molecule has 0 atom stereocenters. The van der Waals surface area contributed by atoms with Crippen molar-refractivity contribution in [3.63, 3.8) is 0 Å². The highest BCUT2D eigenvalue weighted by Crippen LogP contribution is 2.30. The van der Waals surface area contributed by atoms with Gasteiger partial charge in [0, 0.05) is 45.0 Å². The van der Waals surface area contributed by atoms with E-state index in [1.54, 1.807) is 12.1 Å². The fourth-order valence-corrected chi connectivity index (χ4v) is 5.37. The van der Waals surface area contributed by atoms with Crippen LogP contribution in [0, 0.1) is 0 Å². The molecular weight excluding hydrogens is 350 g/mol. The number of hydrogen-bond donors (Lipinski definition) is 0. The average Bonchev–Trinajstić information content (AvgIpc) is 3.35. The highest BCUT2D eigenvalue weighted by molar-refractivity contribution is 7.89. The van der Waals surface area contributed by atoms with Crippen molar-refractivity contribution in [3.8, 4) is 0 Å². The minimum Gasteiger partial charge on any atom is -0.371 e. The topological polar surface area (TPSA) is 60.9 Å². The van der Waals surface area contributed by atoms with Gasteiger partial charge in [0.15, 0.2) is 0 Å². The number of likely N-dealkylation sites (tertiary alicyclic amines) is 1. The number of rotatable bonds is 6. The second kappa shape index (κ2) is 7.96. The molecule has 0 N–H and O–H groups in total. The molecule has 0 saturated carbocycles. The molecule has 0 bridgehead atoms. The van der Waals surface area contributed by atoms with Crippen LogP contribution in [-0.4, -0.2) is 62.8 Å². The minimum absolute atomic E-state index is 0.0407. The van der Waals surface area contributed by atoms with Gasteiger partial charge in [-0.05, 0) is 43.9 Å². The van der Waals surface area contributed by atoms with Crippen molar-refractivity contribution in [1.29, 1.82) is 0 Å². The van der Waals surface area contributed by atoms with Gasteiger partial charge < -0.3 is 9.80 Å². The zero-order valence-electron chi connectivity index (χ0n) is 15.8. The third-order valence-corrected chi connectivity index (χ3v) is 7.43. The molecule has 2 saturated heterocycles. The molecule has 1 amide bonds. The molecule has 26 heavy (non-hydrogen) atoms. The van der Waals surface area contributed by atoms with E-state index in [0.717, 1.165) is 57.5 Å². The molecule has 0 spiro atoms. The van der Waals surface area contributed by atoms with E-state index in [0.29, 0.717) is 18.7 Å². The highest BCUT2D eigenvalue weighted by Gasteiger charge is 2.29. The predicted octanol–water partition coefficient (Wildman–Crippen LogP) is 2.55.